The number of aryl methyl sites for hydroxylation is 1. The van der Waals surface area contributed by atoms with E-state index in [1.54, 1.807) is 21.3 Å². The first-order valence-corrected chi connectivity index (χ1v) is 5.98. The molecule has 0 bridgehead atoms. The van der Waals surface area contributed by atoms with Gasteiger partial charge in [-0.1, -0.05) is 6.08 Å². The number of nitrogens with two attached hydrogens (primary N) is 1. The van der Waals surface area contributed by atoms with E-state index in [1.807, 2.05) is 12.1 Å². The SMILES string of the molecule is COc1cc2c(c(OC)c1OC)C(=CCN)CC2. The van der Waals surface area contributed by atoms with E-state index in [1.165, 1.54) is 11.1 Å². The van der Waals surface area contributed by atoms with E-state index in [0.717, 1.165) is 24.2 Å². The van der Waals surface area contributed by atoms with Crippen molar-refractivity contribution in [2.75, 3.05) is 27.9 Å². The van der Waals surface area contributed by atoms with E-state index in [0.29, 0.717) is 18.0 Å². The maximum absolute atomic E-state index is 5.61. The van der Waals surface area contributed by atoms with Crippen molar-refractivity contribution in [3.8, 4) is 17.2 Å². The largest absolute Gasteiger partial charge is 0.493 e. The van der Waals surface area contributed by atoms with E-state index >= 15 is 0 Å². The van der Waals surface area contributed by atoms with Gasteiger partial charge in [0.1, 0.15) is 0 Å². The summed E-state index contributed by atoms with van der Waals surface area (Å²) in [7, 11) is 4.90. The molecule has 0 saturated carbocycles. The summed E-state index contributed by atoms with van der Waals surface area (Å²) in [4.78, 5) is 0. The summed E-state index contributed by atoms with van der Waals surface area (Å²) in [5, 5.41) is 0. The first-order chi connectivity index (χ1) is 8.76. The number of methoxy groups -OCH3 is 3. The molecule has 98 valence electrons. The molecule has 1 aliphatic carbocycles. The topological polar surface area (TPSA) is 53.7 Å². The van der Waals surface area contributed by atoms with Crippen LogP contribution in [0.5, 0.6) is 17.2 Å². The Kier molecular flexibility index (Phi) is 3.77. The van der Waals surface area contributed by atoms with Crippen LogP contribution in [-0.4, -0.2) is 27.9 Å². The monoisotopic (exact) mass is 249 g/mol. The quantitative estimate of drug-likeness (QED) is 0.886. The number of rotatable bonds is 4. The molecule has 0 unspecified atom stereocenters. The number of benzene rings is 1. The van der Waals surface area contributed by atoms with E-state index in [4.69, 9.17) is 19.9 Å². The van der Waals surface area contributed by atoms with Crippen molar-refractivity contribution in [2.24, 2.45) is 5.73 Å². The molecule has 1 aliphatic rings. The van der Waals surface area contributed by atoms with Crippen LogP contribution in [0.3, 0.4) is 0 Å². The fourth-order valence-electron chi connectivity index (χ4n) is 2.50. The summed E-state index contributed by atoms with van der Waals surface area (Å²) in [6.45, 7) is 0.534. The van der Waals surface area contributed by atoms with Crippen LogP contribution < -0.4 is 19.9 Å². The zero-order valence-corrected chi connectivity index (χ0v) is 11.1. The first-order valence-electron chi connectivity index (χ1n) is 5.98. The second-order valence-corrected chi connectivity index (χ2v) is 4.14. The van der Waals surface area contributed by atoms with Gasteiger partial charge in [0.05, 0.1) is 21.3 Å². The van der Waals surface area contributed by atoms with Crippen molar-refractivity contribution in [3.05, 3.63) is 23.3 Å². The third-order valence-corrected chi connectivity index (χ3v) is 3.26. The van der Waals surface area contributed by atoms with E-state index < -0.39 is 0 Å². The molecular formula is C14H19NO3. The summed E-state index contributed by atoms with van der Waals surface area (Å²) < 4.78 is 16.3. The lowest BCUT2D eigenvalue weighted by molar-refractivity contribution is 0.323. The number of ether oxygens (including phenoxy) is 3. The smallest absolute Gasteiger partial charge is 0.203 e. The predicted octanol–water partition coefficient (Wildman–Crippen LogP) is 2.00. The molecule has 0 amide bonds. The average Bonchev–Trinajstić information content (AvgIpc) is 2.79. The van der Waals surface area contributed by atoms with Gasteiger partial charge in [0, 0.05) is 12.1 Å². The van der Waals surface area contributed by atoms with Crippen molar-refractivity contribution < 1.29 is 14.2 Å². The molecular weight excluding hydrogens is 230 g/mol. The summed E-state index contributed by atoms with van der Waals surface area (Å²) >= 11 is 0. The molecule has 0 fully saturated rings. The van der Waals surface area contributed by atoms with Gasteiger partial charge in [-0.3, -0.25) is 0 Å². The molecule has 0 heterocycles. The van der Waals surface area contributed by atoms with Crippen molar-refractivity contribution in [2.45, 2.75) is 12.8 Å². The van der Waals surface area contributed by atoms with Gasteiger partial charge in [0.15, 0.2) is 11.5 Å². The van der Waals surface area contributed by atoms with Crippen molar-refractivity contribution in [1.82, 2.24) is 0 Å². The number of hydrogen-bond acceptors (Lipinski definition) is 4. The predicted molar refractivity (Wildman–Crippen MR) is 71.5 cm³/mol. The zero-order valence-electron chi connectivity index (χ0n) is 11.1. The lowest BCUT2D eigenvalue weighted by Gasteiger charge is -2.16. The molecule has 1 aromatic rings. The number of fused-ring (bicyclic) bond motifs is 1. The van der Waals surface area contributed by atoms with E-state index in [2.05, 4.69) is 0 Å². The Bertz CT molecular complexity index is 480. The van der Waals surface area contributed by atoms with Gasteiger partial charge in [0.2, 0.25) is 5.75 Å². The van der Waals surface area contributed by atoms with Gasteiger partial charge < -0.3 is 19.9 Å². The summed E-state index contributed by atoms with van der Waals surface area (Å²) in [6, 6.07) is 2.02. The third kappa shape index (κ3) is 1.93. The van der Waals surface area contributed by atoms with E-state index in [9.17, 15) is 0 Å². The molecule has 4 nitrogen and oxygen atoms in total. The van der Waals surface area contributed by atoms with E-state index in [-0.39, 0.29) is 0 Å². The maximum Gasteiger partial charge on any atom is 0.203 e. The Hall–Kier alpha value is -1.68. The molecule has 0 aliphatic heterocycles. The lowest BCUT2D eigenvalue weighted by Crippen LogP contribution is -2.00. The molecule has 0 atom stereocenters. The standard InChI is InChI=1S/C14H19NO3/c1-16-11-8-10-5-4-9(6-7-15)12(10)14(18-3)13(11)17-2/h6,8H,4-5,7,15H2,1-3H3. The molecule has 4 heteroatoms. The minimum absolute atomic E-state index is 0.534. The Morgan fingerprint density at radius 2 is 1.83 bits per heavy atom. The molecule has 0 radical (unpaired) electrons. The van der Waals surface area contributed by atoms with Gasteiger partial charge in [-0.05, 0) is 30.0 Å². The highest BCUT2D eigenvalue weighted by Gasteiger charge is 2.26. The fraction of sp³-hybridized carbons (Fsp3) is 0.429. The second kappa shape index (κ2) is 5.31. The molecule has 0 spiro atoms. The molecule has 2 N–H and O–H groups in total. The van der Waals surface area contributed by atoms with Crippen molar-refractivity contribution >= 4 is 5.57 Å². The van der Waals surface area contributed by atoms with Gasteiger partial charge >= 0.3 is 0 Å². The molecule has 1 aromatic carbocycles. The molecule has 0 aromatic heterocycles. The Morgan fingerprint density at radius 3 is 2.39 bits per heavy atom. The molecule has 18 heavy (non-hydrogen) atoms. The Morgan fingerprint density at radius 1 is 1.11 bits per heavy atom. The summed E-state index contributed by atoms with van der Waals surface area (Å²) in [6.07, 6.45) is 4.01. The number of allylic oxidation sites excluding steroid dienone is 1. The van der Waals surface area contributed by atoms with Crippen LogP contribution in [0, 0.1) is 0 Å². The normalized spacial score (nSPS) is 15.7. The fourth-order valence-corrected chi connectivity index (χ4v) is 2.50. The lowest BCUT2D eigenvalue weighted by atomic mass is 10.0. The van der Waals surface area contributed by atoms with Crippen LogP contribution in [0.2, 0.25) is 0 Å². The van der Waals surface area contributed by atoms with Crippen molar-refractivity contribution in [3.63, 3.8) is 0 Å². The van der Waals surface area contributed by atoms with Crippen LogP contribution in [0.15, 0.2) is 12.1 Å². The second-order valence-electron chi connectivity index (χ2n) is 4.14. The minimum Gasteiger partial charge on any atom is -0.493 e. The maximum atomic E-state index is 5.61. The molecule has 0 saturated heterocycles. The average molecular weight is 249 g/mol. The van der Waals surface area contributed by atoms with Crippen LogP contribution in [0.25, 0.3) is 5.57 Å². The molecule has 2 rings (SSSR count). The first kappa shape index (κ1) is 12.8. The Balaban J connectivity index is 2.66. The van der Waals surface area contributed by atoms with Gasteiger partial charge in [-0.25, -0.2) is 0 Å². The number of hydrogen-bond donors (Lipinski definition) is 1. The van der Waals surface area contributed by atoms with Gasteiger partial charge in [0.25, 0.3) is 0 Å². The van der Waals surface area contributed by atoms with Gasteiger partial charge in [-0.15, -0.1) is 0 Å². The highest BCUT2D eigenvalue weighted by Crippen LogP contribution is 2.48. The minimum atomic E-state index is 0.534. The highest BCUT2D eigenvalue weighted by atomic mass is 16.5. The van der Waals surface area contributed by atoms with Crippen LogP contribution in [0.1, 0.15) is 17.5 Å². The Labute approximate surface area is 107 Å². The van der Waals surface area contributed by atoms with Crippen LogP contribution >= 0.6 is 0 Å². The zero-order chi connectivity index (χ0) is 13.1. The third-order valence-electron chi connectivity index (χ3n) is 3.26. The van der Waals surface area contributed by atoms with Crippen LogP contribution in [0.4, 0.5) is 0 Å². The van der Waals surface area contributed by atoms with Gasteiger partial charge in [-0.2, -0.15) is 0 Å². The summed E-state index contributed by atoms with van der Waals surface area (Å²) in [5.74, 6) is 2.09. The highest BCUT2D eigenvalue weighted by molar-refractivity contribution is 5.81. The summed E-state index contributed by atoms with van der Waals surface area (Å²) in [5.41, 5.74) is 9.18. The van der Waals surface area contributed by atoms with Crippen molar-refractivity contribution in [1.29, 1.82) is 0 Å². The van der Waals surface area contributed by atoms with Crippen LogP contribution in [-0.2, 0) is 6.42 Å².